The van der Waals surface area contributed by atoms with Crippen molar-refractivity contribution in [1.29, 1.82) is 0 Å². The summed E-state index contributed by atoms with van der Waals surface area (Å²) in [4.78, 5) is 22.0. The van der Waals surface area contributed by atoms with Crippen molar-refractivity contribution in [3.63, 3.8) is 0 Å². The number of carbonyl (C=O) groups is 1. The topological polar surface area (TPSA) is 51.7 Å². The Bertz CT molecular complexity index is 1090. The number of nitrogens with zero attached hydrogens (tertiary/aromatic N) is 2. The van der Waals surface area contributed by atoms with Gasteiger partial charge in [0, 0.05) is 22.7 Å². The van der Waals surface area contributed by atoms with E-state index < -0.39 is 0 Å². The Hall–Kier alpha value is -2.60. The van der Waals surface area contributed by atoms with Gasteiger partial charge < -0.3 is 14.4 Å². The lowest BCUT2D eigenvalue weighted by Gasteiger charge is -2.23. The molecule has 3 aromatic rings. The molecule has 0 atom stereocenters. The molecular formula is C23H26N2O3S. The number of pyridine rings is 1. The quantitative estimate of drug-likeness (QED) is 0.571. The molecule has 0 spiro atoms. The maximum atomic E-state index is 13.6. The van der Waals surface area contributed by atoms with Crippen LogP contribution in [0.15, 0.2) is 24.3 Å². The molecule has 2 aromatic heterocycles. The van der Waals surface area contributed by atoms with E-state index in [1.165, 1.54) is 16.9 Å². The van der Waals surface area contributed by atoms with Crippen LogP contribution in [-0.4, -0.2) is 36.1 Å². The van der Waals surface area contributed by atoms with Crippen molar-refractivity contribution in [2.75, 3.05) is 14.2 Å². The maximum absolute atomic E-state index is 13.6. The Morgan fingerprint density at radius 2 is 1.93 bits per heavy atom. The van der Waals surface area contributed by atoms with Crippen molar-refractivity contribution in [3.8, 4) is 11.5 Å². The van der Waals surface area contributed by atoms with Crippen molar-refractivity contribution < 1.29 is 14.3 Å². The SMILES string of the molecule is COc1ccc(OC)c(CN(C(=O)c2sc3nc(C)cc(C)c3c2C)C2CC2)c1. The fraction of sp³-hybridized carbons (Fsp3) is 0.391. The number of thiophene rings is 1. The van der Waals surface area contributed by atoms with E-state index in [4.69, 9.17) is 9.47 Å². The number of benzene rings is 1. The van der Waals surface area contributed by atoms with Gasteiger partial charge in [0.15, 0.2) is 0 Å². The Morgan fingerprint density at radius 3 is 2.59 bits per heavy atom. The number of hydrogen-bond acceptors (Lipinski definition) is 5. The summed E-state index contributed by atoms with van der Waals surface area (Å²) in [5, 5.41) is 1.11. The van der Waals surface area contributed by atoms with E-state index in [-0.39, 0.29) is 11.9 Å². The van der Waals surface area contributed by atoms with Gasteiger partial charge in [-0.2, -0.15) is 0 Å². The number of hydrogen-bond donors (Lipinski definition) is 0. The molecule has 4 rings (SSSR count). The molecule has 0 unspecified atom stereocenters. The minimum Gasteiger partial charge on any atom is -0.497 e. The van der Waals surface area contributed by atoms with E-state index >= 15 is 0 Å². The Labute approximate surface area is 175 Å². The molecule has 152 valence electrons. The maximum Gasteiger partial charge on any atom is 0.264 e. The standard InChI is InChI=1S/C23H26N2O3S/c1-13-10-14(2)24-22-20(13)15(3)21(29-22)23(26)25(17-6-7-17)12-16-11-18(27-4)8-9-19(16)28-5/h8-11,17H,6-7,12H2,1-5H3. The fourth-order valence-electron chi connectivity index (χ4n) is 3.90. The molecule has 0 aliphatic heterocycles. The van der Waals surface area contributed by atoms with Gasteiger partial charge >= 0.3 is 0 Å². The number of rotatable bonds is 6. The van der Waals surface area contributed by atoms with Gasteiger partial charge in [0.2, 0.25) is 0 Å². The smallest absolute Gasteiger partial charge is 0.264 e. The molecular weight excluding hydrogens is 384 g/mol. The van der Waals surface area contributed by atoms with Gasteiger partial charge in [-0.3, -0.25) is 4.79 Å². The first-order valence-corrected chi connectivity index (χ1v) is 10.6. The van der Waals surface area contributed by atoms with Crippen LogP contribution < -0.4 is 9.47 Å². The van der Waals surface area contributed by atoms with Crippen LogP contribution in [0.25, 0.3) is 10.2 Å². The summed E-state index contributed by atoms with van der Waals surface area (Å²) in [6, 6.07) is 8.08. The molecule has 6 heteroatoms. The predicted octanol–water partition coefficient (Wildman–Crippen LogP) is 5.04. The normalized spacial score (nSPS) is 13.6. The molecule has 1 aliphatic rings. The molecule has 0 saturated heterocycles. The van der Waals surface area contributed by atoms with Gasteiger partial charge in [0.25, 0.3) is 5.91 Å². The van der Waals surface area contributed by atoms with E-state index in [1.807, 2.05) is 36.9 Å². The van der Waals surface area contributed by atoms with Crippen molar-refractivity contribution in [2.24, 2.45) is 0 Å². The first kappa shape index (κ1) is 19.7. The molecule has 1 aliphatic carbocycles. The number of ether oxygens (including phenoxy) is 2. The third-order valence-corrected chi connectivity index (χ3v) is 6.67. The van der Waals surface area contributed by atoms with Crippen LogP contribution in [0.4, 0.5) is 0 Å². The van der Waals surface area contributed by atoms with Gasteiger partial charge in [-0.15, -0.1) is 11.3 Å². The number of carbonyl (C=O) groups excluding carboxylic acids is 1. The van der Waals surface area contributed by atoms with E-state index in [0.29, 0.717) is 6.54 Å². The van der Waals surface area contributed by atoms with Gasteiger partial charge in [0.05, 0.1) is 25.6 Å². The highest BCUT2D eigenvalue weighted by Gasteiger charge is 2.35. The number of aryl methyl sites for hydroxylation is 3. The van der Waals surface area contributed by atoms with E-state index in [0.717, 1.165) is 56.3 Å². The average molecular weight is 411 g/mol. The van der Waals surface area contributed by atoms with Crippen molar-refractivity contribution in [2.45, 2.75) is 46.2 Å². The van der Waals surface area contributed by atoms with E-state index in [9.17, 15) is 4.79 Å². The Kier molecular flexibility index (Phi) is 5.21. The highest BCUT2D eigenvalue weighted by atomic mass is 32.1. The van der Waals surface area contributed by atoms with Crippen molar-refractivity contribution >= 4 is 27.5 Å². The van der Waals surface area contributed by atoms with Crippen LogP contribution >= 0.6 is 11.3 Å². The lowest BCUT2D eigenvalue weighted by Crippen LogP contribution is -2.32. The van der Waals surface area contributed by atoms with Crippen LogP contribution in [0.2, 0.25) is 0 Å². The van der Waals surface area contributed by atoms with Crippen LogP contribution in [0, 0.1) is 20.8 Å². The lowest BCUT2D eigenvalue weighted by atomic mass is 10.1. The van der Waals surface area contributed by atoms with E-state index in [2.05, 4.69) is 18.0 Å². The van der Waals surface area contributed by atoms with Crippen LogP contribution in [0.1, 0.15) is 44.9 Å². The molecule has 0 N–H and O–H groups in total. The van der Waals surface area contributed by atoms with Crippen molar-refractivity contribution in [1.82, 2.24) is 9.88 Å². The van der Waals surface area contributed by atoms with Gasteiger partial charge in [0.1, 0.15) is 16.3 Å². The highest BCUT2D eigenvalue weighted by molar-refractivity contribution is 7.20. The highest BCUT2D eigenvalue weighted by Crippen LogP contribution is 2.37. The molecule has 1 amide bonds. The Balaban J connectivity index is 1.72. The molecule has 29 heavy (non-hydrogen) atoms. The zero-order valence-corrected chi connectivity index (χ0v) is 18.4. The second-order valence-electron chi connectivity index (χ2n) is 7.66. The monoisotopic (exact) mass is 410 g/mol. The van der Waals surface area contributed by atoms with Gasteiger partial charge in [-0.05, 0) is 69.0 Å². The summed E-state index contributed by atoms with van der Waals surface area (Å²) in [7, 11) is 3.30. The van der Waals surface area contributed by atoms with E-state index in [1.54, 1.807) is 14.2 Å². The molecule has 1 saturated carbocycles. The summed E-state index contributed by atoms with van der Waals surface area (Å²) in [6.45, 7) is 6.62. The Morgan fingerprint density at radius 1 is 1.17 bits per heavy atom. The summed E-state index contributed by atoms with van der Waals surface area (Å²) in [5.74, 6) is 1.61. The molecule has 0 radical (unpaired) electrons. The average Bonchev–Trinajstić information content (AvgIpc) is 3.48. The molecule has 1 fully saturated rings. The first-order chi connectivity index (χ1) is 13.9. The summed E-state index contributed by atoms with van der Waals surface area (Å²) >= 11 is 1.50. The zero-order chi connectivity index (χ0) is 20.7. The van der Waals surface area contributed by atoms with Crippen LogP contribution in [0.3, 0.4) is 0 Å². The zero-order valence-electron chi connectivity index (χ0n) is 17.5. The number of methoxy groups -OCH3 is 2. The second kappa shape index (κ2) is 7.67. The predicted molar refractivity (Wildman–Crippen MR) is 116 cm³/mol. The molecule has 5 nitrogen and oxygen atoms in total. The van der Waals surface area contributed by atoms with Gasteiger partial charge in [-0.1, -0.05) is 0 Å². The third-order valence-electron chi connectivity index (χ3n) is 5.50. The van der Waals surface area contributed by atoms with Crippen LogP contribution in [-0.2, 0) is 6.54 Å². The summed E-state index contributed by atoms with van der Waals surface area (Å²) in [6.07, 6.45) is 2.08. The summed E-state index contributed by atoms with van der Waals surface area (Å²) in [5.41, 5.74) is 4.14. The molecule has 2 heterocycles. The minimum atomic E-state index is 0.0786. The first-order valence-electron chi connectivity index (χ1n) is 9.82. The second-order valence-corrected chi connectivity index (χ2v) is 8.66. The molecule has 0 bridgehead atoms. The number of fused-ring (bicyclic) bond motifs is 1. The fourth-order valence-corrected chi connectivity index (χ4v) is 5.15. The third kappa shape index (κ3) is 3.69. The lowest BCUT2D eigenvalue weighted by molar-refractivity contribution is 0.0733. The number of aromatic nitrogens is 1. The number of amides is 1. The van der Waals surface area contributed by atoms with Crippen LogP contribution in [0.5, 0.6) is 11.5 Å². The van der Waals surface area contributed by atoms with Crippen molar-refractivity contribution in [3.05, 3.63) is 51.5 Å². The van der Waals surface area contributed by atoms with Gasteiger partial charge in [-0.25, -0.2) is 4.98 Å². The molecule has 1 aromatic carbocycles. The minimum absolute atomic E-state index is 0.0786. The largest absolute Gasteiger partial charge is 0.497 e. The summed E-state index contributed by atoms with van der Waals surface area (Å²) < 4.78 is 10.9.